The van der Waals surface area contributed by atoms with Gasteiger partial charge < -0.3 is 4.57 Å². The smallest absolute Gasteiger partial charge is 0.160 e. The van der Waals surface area contributed by atoms with Gasteiger partial charge >= 0.3 is 0 Å². The highest BCUT2D eigenvalue weighted by atomic mass is 15.2. The van der Waals surface area contributed by atoms with E-state index < -0.39 is 0 Å². The first kappa shape index (κ1) is 14.0. The number of fused-ring (bicyclic) bond motifs is 3. The van der Waals surface area contributed by atoms with Crippen LogP contribution in [0.5, 0.6) is 0 Å². The van der Waals surface area contributed by atoms with E-state index >= 15 is 0 Å². The molecule has 0 saturated heterocycles. The second-order valence-electron chi connectivity index (χ2n) is 6.33. The van der Waals surface area contributed by atoms with Gasteiger partial charge in [0.05, 0.1) is 16.7 Å². The van der Waals surface area contributed by atoms with Crippen LogP contribution in [0.3, 0.4) is 0 Å². The van der Waals surface area contributed by atoms with E-state index in [1.807, 2.05) is 24.6 Å². The van der Waals surface area contributed by atoms with Gasteiger partial charge in [0.25, 0.3) is 0 Å². The number of aromatic amines is 1. The standard InChI is InChI=1S/C20H17N5/c1-13-11-16(23-22-13)20-21-19(12-24(20)2)25-17-9-5-3-7-14(17)15-8-4-6-10-18(15)25/h3-12H,1-2H3,(H,22,23). The number of benzene rings is 2. The van der Waals surface area contributed by atoms with Gasteiger partial charge in [-0.25, -0.2) is 4.98 Å². The second kappa shape index (κ2) is 5.08. The van der Waals surface area contributed by atoms with Gasteiger partial charge in [-0.3, -0.25) is 9.67 Å². The van der Waals surface area contributed by atoms with Gasteiger partial charge in [-0.1, -0.05) is 36.4 Å². The molecular formula is C20H17N5. The Kier molecular flexibility index (Phi) is 2.85. The maximum Gasteiger partial charge on any atom is 0.160 e. The minimum atomic E-state index is 0.873. The van der Waals surface area contributed by atoms with Gasteiger partial charge in [-0.15, -0.1) is 0 Å². The summed E-state index contributed by atoms with van der Waals surface area (Å²) in [7, 11) is 2.01. The van der Waals surface area contributed by atoms with Crippen LogP contribution >= 0.6 is 0 Å². The average Bonchev–Trinajstić information content (AvgIpc) is 3.30. The van der Waals surface area contributed by atoms with Crippen LogP contribution in [0.25, 0.3) is 39.1 Å². The second-order valence-corrected chi connectivity index (χ2v) is 6.33. The molecule has 1 N–H and O–H groups in total. The van der Waals surface area contributed by atoms with Crippen molar-refractivity contribution in [2.24, 2.45) is 7.05 Å². The fraction of sp³-hybridized carbons (Fsp3) is 0.100. The molecule has 5 aromatic rings. The molecule has 0 aliphatic heterocycles. The van der Waals surface area contributed by atoms with Gasteiger partial charge in [0.1, 0.15) is 5.69 Å². The predicted octanol–water partition coefficient (Wildman–Crippen LogP) is 4.22. The SMILES string of the molecule is Cc1cc(-c2nc(-n3c4ccccc4c4ccccc43)cn2C)[nH]n1. The lowest BCUT2D eigenvalue weighted by molar-refractivity contribution is 0.912. The van der Waals surface area contributed by atoms with Crippen molar-refractivity contribution < 1.29 is 0 Å². The van der Waals surface area contributed by atoms with Crippen LogP contribution in [-0.4, -0.2) is 24.3 Å². The largest absolute Gasteiger partial charge is 0.331 e. The van der Waals surface area contributed by atoms with Crippen LogP contribution in [0.4, 0.5) is 0 Å². The summed E-state index contributed by atoms with van der Waals surface area (Å²) in [5.74, 6) is 1.78. The molecule has 3 heterocycles. The molecule has 0 saturated carbocycles. The number of hydrogen-bond donors (Lipinski definition) is 1. The quantitative estimate of drug-likeness (QED) is 0.528. The third-order valence-electron chi connectivity index (χ3n) is 4.62. The number of aryl methyl sites for hydroxylation is 2. The molecule has 0 aliphatic carbocycles. The van der Waals surface area contributed by atoms with Crippen molar-refractivity contribution in [1.82, 2.24) is 24.3 Å². The summed E-state index contributed by atoms with van der Waals surface area (Å²) in [5, 5.41) is 9.75. The minimum absolute atomic E-state index is 0.873. The zero-order valence-corrected chi connectivity index (χ0v) is 14.1. The summed E-state index contributed by atoms with van der Waals surface area (Å²) in [6.07, 6.45) is 2.06. The summed E-state index contributed by atoms with van der Waals surface area (Å²) in [6, 6.07) is 18.9. The van der Waals surface area contributed by atoms with E-state index in [2.05, 4.69) is 69.5 Å². The van der Waals surface area contributed by atoms with Crippen LogP contribution in [0.15, 0.2) is 60.8 Å². The third kappa shape index (κ3) is 2.02. The first-order valence-electron chi connectivity index (χ1n) is 8.26. The third-order valence-corrected chi connectivity index (χ3v) is 4.62. The summed E-state index contributed by atoms with van der Waals surface area (Å²) in [4.78, 5) is 4.89. The van der Waals surface area contributed by atoms with Gasteiger partial charge in [-0.05, 0) is 25.1 Å². The van der Waals surface area contributed by atoms with Crippen molar-refractivity contribution in [2.75, 3.05) is 0 Å². The Morgan fingerprint density at radius 1 is 0.920 bits per heavy atom. The Hall–Kier alpha value is -3.34. The molecule has 3 aromatic heterocycles. The lowest BCUT2D eigenvalue weighted by atomic mass is 10.2. The highest BCUT2D eigenvalue weighted by molar-refractivity contribution is 6.09. The van der Waals surface area contributed by atoms with Gasteiger partial charge in [0.2, 0.25) is 0 Å². The molecule has 0 amide bonds. The van der Waals surface area contributed by atoms with Crippen molar-refractivity contribution in [3.63, 3.8) is 0 Å². The van der Waals surface area contributed by atoms with E-state index in [0.29, 0.717) is 0 Å². The highest BCUT2D eigenvalue weighted by Crippen LogP contribution is 2.32. The Morgan fingerprint density at radius 3 is 2.16 bits per heavy atom. The number of H-pyrrole nitrogens is 1. The Morgan fingerprint density at radius 2 is 1.56 bits per heavy atom. The fourth-order valence-electron chi connectivity index (χ4n) is 3.51. The molecule has 5 rings (SSSR count). The first-order chi connectivity index (χ1) is 12.2. The summed E-state index contributed by atoms with van der Waals surface area (Å²) < 4.78 is 4.25. The molecule has 5 nitrogen and oxygen atoms in total. The van der Waals surface area contributed by atoms with Gasteiger partial charge in [0, 0.05) is 24.0 Å². The molecular weight excluding hydrogens is 310 g/mol. The van der Waals surface area contributed by atoms with Crippen LogP contribution < -0.4 is 0 Å². The molecule has 122 valence electrons. The normalized spacial score (nSPS) is 11.6. The van der Waals surface area contributed by atoms with Crippen LogP contribution in [-0.2, 0) is 7.05 Å². The van der Waals surface area contributed by atoms with Crippen molar-refractivity contribution >= 4 is 21.8 Å². The number of para-hydroxylation sites is 2. The number of aromatic nitrogens is 5. The Bertz CT molecular complexity index is 1170. The highest BCUT2D eigenvalue weighted by Gasteiger charge is 2.16. The van der Waals surface area contributed by atoms with E-state index in [-0.39, 0.29) is 0 Å². The number of hydrogen-bond acceptors (Lipinski definition) is 2. The molecule has 0 unspecified atom stereocenters. The minimum Gasteiger partial charge on any atom is -0.331 e. The molecule has 0 spiro atoms. The molecule has 0 radical (unpaired) electrons. The Labute approximate surface area is 144 Å². The lowest BCUT2D eigenvalue weighted by Gasteiger charge is -2.02. The summed E-state index contributed by atoms with van der Waals surface area (Å²) >= 11 is 0. The van der Waals surface area contributed by atoms with Crippen molar-refractivity contribution in [3.05, 3.63) is 66.5 Å². The number of rotatable bonds is 2. The van der Waals surface area contributed by atoms with E-state index in [4.69, 9.17) is 4.98 Å². The van der Waals surface area contributed by atoms with Crippen molar-refractivity contribution in [3.8, 4) is 17.3 Å². The van der Waals surface area contributed by atoms with E-state index in [1.54, 1.807) is 0 Å². The van der Waals surface area contributed by atoms with E-state index in [1.165, 1.54) is 10.8 Å². The maximum absolute atomic E-state index is 4.89. The molecule has 0 atom stereocenters. The van der Waals surface area contributed by atoms with Crippen LogP contribution in [0.2, 0.25) is 0 Å². The monoisotopic (exact) mass is 327 g/mol. The predicted molar refractivity (Wildman–Crippen MR) is 99.9 cm³/mol. The van der Waals surface area contributed by atoms with E-state index in [9.17, 15) is 0 Å². The van der Waals surface area contributed by atoms with E-state index in [0.717, 1.165) is 34.1 Å². The topological polar surface area (TPSA) is 51.4 Å². The van der Waals surface area contributed by atoms with Crippen molar-refractivity contribution in [1.29, 1.82) is 0 Å². The molecule has 25 heavy (non-hydrogen) atoms. The average molecular weight is 327 g/mol. The molecule has 0 bridgehead atoms. The van der Waals surface area contributed by atoms with Gasteiger partial charge in [0.15, 0.2) is 11.6 Å². The van der Waals surface area contributed by atoms with Crippen molar-refractivity contribution in [2.45, 2.75) is 6.92 Å². The molecule has 0 aliphatic rings. The molecule has 2 aromatic carbocycles. The van der Waals surface area contributed by atoms with Crippen LogP contribution in [0.1, 0.15) is 5.69 Å². The fourth-order valence-corrected chi connectivity index (χ4v) is 3.51. The Balaban J connectivity index is 1.81. The molecule has 0 fully saturated rings. The zero-order valence-electron chi connectivity index (χ0n) is 14.1. The zero-order chi connectivity index (χ0) is 17.0. The number of imidazole rings is 1. The first-order valence-corrected chi connectivity index (χ1v) is 8.26. The van der Waals surface area contributed by atoms with Gasteiger partial charge in [-0.2, -0.15) is 5.10 Å². The lowest BCUT2D eigenvalue weighted by Crippen LogP contribution is -1.93. The maximum atomic E-state index is 4.89. The number of nitrogens with one attached hydrogen (secondary N) is 1. The summed E-state index contributed by atoms with van der Waals surface area (Å²) in [6.45, 7) is 1.97. The summed E-state index contributed by atoms with van der Waals surface area (Å²) in [5.41, 5.74) is 4.20. The van der Waals surface area contributed by atoms with Crippen LogP contribution in [0, 0.1) is 6.92 Å². The number of nitrogens with zero attached hydrogens (tertiary/aromatic N) is 4. The molecule has 5 heteroatoms.